The van der Waals surface area contributed by atoms with Gasteiger partial charge in [0.25, 0.3) is 0 Å². The lowest BCUT2D eigenvalue weighted by molar-refractivity contribution is 0.172. The van der Waals surface area contributed by atoms with Crippen molar-refractivity contribution in [2.24, 2.45) is 5.92 Å². The molecule has 3 heterocycles. The molecular weight excluding hydrogens is 332 g/mol. The Balaban J connectivity index is 1.29. The van der Waals surface area contributed by atoms with Gasteiger partial charge >= 0.3 is 0 Å². The number of benzene rings is 1. The van der Waals surface area contributed by atoms with E-state index in [-0.39, 0.29) is 0 Å². The van der Waals surface area contributed by atoms with E-state index in [1.54, 1.807) is 11.3 Å². The van der Waals surface area contributed by atoms with E-state index in [1.165, 1.54) is 23.3 Å². The van der Waals surface area contributed by atoms with Crippen LogP contribution in [0.4, 0.5) is 0 Å². The van der Waals surface area contributed by atoms with Crippen molar-refractivity contribution in [3.05, 3.63) is 53.1 Å². The summed E-state index contributed by atoms with van der Waals surface area (Å²) in [5.74, 6) is 2.16. The van der Waals surface area contributed by atoms with Crippen LogP contribution in [0.3, 0.4) is 0 Å². The van der Waals surface area contributed by atoms with Crippen LogP contribution in [-0.2, 0) is 13.0 Å². The summed E-state index contributed by atoms with van der Waals surface area (Å²) in [6, 6.07) is 10.4. The van der Waals surface area contributed by atoms with Gasteiger partial charge in [0.2, 0.25) is 5.89 Å². The number of hydrogen-bond donors (Lipinski definition) is 0. The zero-order valence-corrected chi connectivity index (χ0v) is 15.2. The summed E-state index contributed by atoms with van der Waals surface area (Å²) in [6.45, 7) is 5.11. The Bertz CT molecular complexity index is 806. The van der Waals surface area contributed by atoms with Crippen LogP contribution in [-0.4, -0.2) is 33.1 Å². The number of aryl methyl sites for hydroxylation is 1. The largest absolute Gasteiger partial charge is 0.339 e. The Labute approximate surface area is 151 Å². The van der Waals surface area contributed by atoms with Crippen LogP contribution >= 0.6 is 11.3 Å². The minimum atomic E-state index is 0.650. The fourth-order valence-corrected chi connectivity index (χ4v) is 4.29. The van der Waals surface area contributed by atoms with Crippen LogP contribution in [0.1, 0.15) is 29.4 Å². The molecule has 0 unspecified atom stereocenters. The van der Waals surface area contributed by atoms with Gasteiger partial charge in [-0.15, -0.1) is 11.3 Å². The number of thiazole rings is 1. The molecule has 0 amide bonds. The summed E-state index contributed by atoms with van der Waals surface area (Å²) in [6.07, 6.45) is 5.31. The van der Waals surface area contributed by atoms with Gasteiger partial charge in [-0.2, -0.15) is 4.98 Å². The molecule has 3 aromatic rings. The summed E-state index contributed by atoms with van der Waals surface area (Å²) in [5.41, 5.74) is 1.20. The minimum absolute atomic E-state index is 0.650. The summed E-state index contributed by atoms with van der Waals surface area (Å²) >= 11 is 1.80. The first-order valence-electron chi connectivity index (χ1n) is 8.78. The van der Waals surface area contributed by atoms with E-state index >= 15 is 0 Å². The van der Waals surface area contributed by atoms with Crippen LogP contribution in [0.15, 0.2) is 41.1 Å². The molecule has 1 aliphatic rings. The number of likely N-dealkylation sites (tertiary alicyclic amines) is 1. The van der Waals surface area contributed by atoms with Gasteiger partial charge in [-0.25, -0.2) is 4.98 Å². The second kappa shape index (κ2) is 7.45. The second-order valence-electron chi connectivity index (χ2n) is 6.66. The summed E-state index contributed by atoms with van der Waals surface area (Å²) in [7, 11) is 0. The molecule has 1 aliphatic heterocycles. The Morgan fingerprint density at radius 3 is 2.72 bits per heavy atom. The number of rotatable bonds is 5. The van der Waals surface area contributed by atoms with Crippen molar-refractivity contribution < 1.29 is 4.52 Å². The smallest absolute Gasteiger partial charge is 0.226 e. The van der Waals surface area contributed by atoms with E-state index in [2.05, 4.69) is 44.3 Å². The lowest BCUT2D eigenvalue weighted by Gasteiger charge is -2.30. The van der Waals surface area contributed by atoms with Gasteiger partial charge in [0.1, 0.15) is 5.01 Å². The highest BCUT2D eigenvalue weighted by Crippen LogP contribution is 2.27. The molecule has 5 nitrogen and oxygen atoms in total. The highest BCUT2D eigenvalue weighted by atomic mass is 32.1. The van der Waals surface area contributed by atoms with Gasteiger partial charge in [0, 0.05) is 29.6 Å². The highest BCUT2D eigenvalue weighted by Gasteiger charge is 2.22. The van der Waals surface area contributed by atoms with Crippen LogP contribution in [0.25, 0.3) is 10.6 Å². The molecule has 1 aromatic carbocycles. The van der Waals surface area contributed by atoms with E-state index < -0.39 is 0 Å². The van der Waals surface area contributed by atoms with Gasteiger partial charge in [0.05, 0.1) is 0 Å². The summed E-state index contributed by atoms with van der Waals surface area (Å²) in [5, 5.41) is 4.99. The molecule has 0 radical (unpaired) electrons. The van der Waals surface area contributed by atoms with Crippen molar-refractivity contribution >= 4 is 11.3 Å². The molecule has 0 N–H and O–H groups in total. The van der Waals surface area contributed by atoms with Gasteiger partial charge in [-0.05, 0) is 38.8 Å². The zero-order valence-electron chi connectivity index (χ0n) is 14.4. The molecule has 25 heavy (non-hydrogen) atoms. The topological polar surface area (TPSA) is 55.1 Å². The fraction of sp³-hybridized carbons (Fsp3) is 0.421. The molecule has 1 saturated heterocycles. The zero-order chi connectivity index (χ0) is 17.1. The van der Waals surface area contributed by atoms with Crippen molar-refractivity contribution in [2.45, 2.75) is 32.7 Å². The van der Waals surface area contributed by atoms with Crippen LogP contribution < -0.4 is 0 Å². The Hall–Kier alpha value is -2.05. The van der Waals surface area contributed by atoms with Crippen molar-refractivity contribution in [1.82, 2.24) is 20.0 Å². The molecule has 4 rings (SSSR count). The normalized spacial score (nSPS) is 16.4. The van der Waals surface area contributed by atoms with Crippen LogP contribution in [0.2, 0.25) is 0 Å². The maximum atomic E-state index is 5.25. The molecule has 2 aromatic heterocycles. The van der Waals surface area contributed by atoms with Gasteiger partial charge in [0.15, 0.2) is 5.82 Å². The van der Waals surface area contributed by atoms with Crippen molar-refractivity contribution in [3.8, 4) is 10.6 Å². The van der Waals surface area contributed by atoms with E-state index in [1.807, 2.05) is 19.2 Å². The first-order chi connectivity index (χ1) is 12.3. The molecule has 0 spiro atoms. The minimum Gasteiger partial charge on any atom is -0.339 e. The van der Waals surface area contributed by atoms with Gasteiger partial charge in [-0.1, -0.05) is 35.5 Å². The predicted molar refractivity (Wildman–Crippen MR) is 98.3 cm³/mol. The van der Waals surface area contributed by atoms with Crippen molar-refractivity contribution in [1.29, 1.82) is 0 Å². The molecular formula is C19H22N4OS. The number of piperidine rings is 1. The Kier molecular flexibility index (Phi) is 4.90. The highest BCUT2D eigenvalue weighted by molar-refractivity contribution is 7.15. The molecule has 1 fully saturated rings. The lowest BCUT2D eigenvalue weighted by Crippen LogP contribution is -2.33. The van der Waals surface area contributed by atoms with Gasteiger partial charge < -0.3 is 4.52 Å². The first kappa shape index (κ1) is 16.4. The average Bonchev–Trinajstić information content (AvgIpc) is 3.27. The maximum absolute atomic E-state index is 5.25. The standard InChI is InChI=1S/C19H22N4OS/c1-14-21-18(24-22-14)11-15-7-9-23(10-8-15)13-17-12-20-19(25-17)16-5-3-2-4-6-16/h2-6,12,15H,7-11,13H2,1H3. The molecule has 0 bridgehead atoms. The molecule has 6 heteroatoms. The second-order valence-corrected chi connectivity index (χ2v) is 7.77. The SMILES string of the molecule is Cc1noc(CC2CCN(Cc3cnc(-c4ccccc4)s3)CC2)n1. The van der Waals surface area contributed by atoms with Gasteiger partial charge in [-0.3, -0.25) is 4.90 Å². The fourth-order valence-electron chi connectivity index (χ4n) is 3.33. The predicted octanol–water partition coefficient (Wildman–Crippen LogP) is 3.96. The third-order valence-electron chi connectivity index (χ3n) is 4.69. The van der Waals surface area contributed by atoms with Crippen molar-refractivity contribution in [2.75, 3.05) is 13.1 Å². The average molecular weight is 354 g/mol. The van der Waals surface area contributed by atoms with E-state index in [9.17, 15) is 0 Å². The third kappa shape index (κ3) is 4.14. The maximum Gasteiger partial charge on any atom is 0.226 e. The van der Waals surface area contributed by atoms with E-state index in [0.717, 1.165) is 42.8 Å². The van der Waals surface area contributed by atoms with Crippen LogP contribution in [0, 0.1) is 12.8 Å². The van der Waals surface area contributed by atoms with Crippen LogP contribution in [0.5, 0.6) is 0 Å². The first-order valence-corrected chi connectivity index (χ1v) is 9.59. The molecule has 130 valence electrons. The quantitative estimate of drug-likeness (QED) is 0.694. The summed E-state index contributed by atoms with van der Waals surface area (Å²) < 4.78 is 5.25. The summed E-state index contributed by atoms with van der Waals surface area (Å²) in [4.78, 5) is 12.8. The Morgan fingerprint density at radius 1 is 1.20 bits per heavy atom. The van der Waals surface area contributed by atoms with Crippen molar-refractivity contribution in [3.63, 3.8) is 0 Å². The third-order valence-corrected chi connectivity index (χ3v) is 5.72. The molecule has 0 atom stereocenters. The number of nitrogens with zero attached hydrogens (tertiary/aromatic N) is 4. The number of aromatic nitrogens is 3. The Morgan fingerprint density at radius 2 is 2.00 bits per heavy atom. The monoisotopic (exact) mass is 354 g/mol. The molecule has 0 saturated carbocycles. The van der Waals surface area contributed by atoms with E-state index in [4.69, 9.17) is 4.52 Å². The lowest BCUT2D eigenvalue weighted by atomic mass is 9.93. The van der Waals surface area contributed by atoms with E-state index in [0.29, 0.717) is 5.92 Å². The number of hydrogen-bond acceptors (Lipinski definition) is 6. The molecule has 0 aliphatic carbocycles.